The van der Waals surface area contributed by atoms with Crippen molar-refractivity contribution < 1.29 is 14.3 Å². The van der Waals surface area contributed by atoms with Gasteiger partial charge in [0, 0.05) is 12.0 Å². The van der Waals surface area contributed by atoms with Crippen LogP contribution in [0.25, 0.3) is 0 Å². The molecule has 3 rings (SSSR count). The minimum absolute atomic E-state index is 0.00227. The van der Waals surface area contributed by atoms with E-state index in [9.17, 15) is 14.3 Å². The lowest BCUT2D eigenvalue weighted by molar-refractivity contribution is -0.122. The van der Waals surface area contributed by atoms with E-state index in [-0.39, 0.29) is 23.3 Å². The average molecular weight is 291 g/mol. The Bertz CT molecular complexity index is 532. The molecule has 1 aromatic carbocycles. The zero-order chi connectivity index (χ0) is 14.8. The van der Waals surface area contributed by atoms with Crippen molar-refractivity contribution in [3.63, 3.8) is 0 Å². The highest BCUT2D eigenvalue weighted by Crippen LogP contribution is 2.42. The fourth-order valence-corrected chi connectivity index (χ4v) is 3.95. The molecule has 2 fully saturated rings. The fourth-order valence-electron chi connectivity index (χ4n) is 3.95. The van der Waals surface area contributed by atoms with Crippen LogP contribution in [0.3, 0.4) is 0 Å². The van der Waals surface area contributed by atoms with E-state index in [1.165, 1.54) is 37.8 Å². The highest BCUT2D eigenvalue weighted by atomic mass is 19.1. The molecule has 2 N–H and O–H groups in total. The molecule has 0 aromatic heterocycles. The molecule has 0 spiro atoms. The Morgan fingerprint density at radius 1 is 1.14 bits per heavy atom. The summed E-state index contributed by atoms with van der Waals surface area (Å²) < 4.78 is 13.7. The summed E-state index contributed by atoms with van der Waals surface area (Å²) in [5, 5.41) is 11.9. The molecule has 0 saturated heterocycles. The normalized spacial score (nSPS) is 28.7. The smallest absolute Gasteiger partial charge is 0.227 e. The molecule has 1 amide bonds. The van der Waals surface area contributed by atoms with Crippen LogP contribution in [-0.2, 0) is 4.79 Å². The number of hydrogen-bond donors (Lipinski definition) is 2. The fraction of sp³-hybridized carbons (Fsp3) is 0.588. The predicted octanol–water partition coefficient (Wildman–Crippen LogP) is 4.08. The van der Waals surface area contributed by atoms with Crippen LogP contribution in [0.5, 0.6) is 5.75 Å². The third-order valence-electron chi connectivity index (χ3n) is 5.12. The van der Waals surface area contributed by atoms with E-state index in [0.717, 1.165) is 31.2 Å². The summed E-state index contributed by atoms with van der Waals surface area (Å²) in [6, 6.07) is 3.82. The Hall–Kier alpha value is -1.58. The number of rotatable bonds is 2. The first-order valence-electron chi connectivity index (χ1n) is 7.93. The summed E-state index contributed by atoms with van der Waals surface area (Å²) in [6.07, 6.45) is 8.14. The van der Waals surface area contributed by atoms with Gasteiger partial charge < -0.3 is 10.4 Å². The highest BCUT2D eigenvalue weighted by molar-refractivity contribution is 5.92. The van der Waals surface area contributed by atoms with Crippen molar-refractivity contribution in [1.82, 2.24) is 0 Å². The minimum atomic E-state index is -0.588. The Morgan fingerprint density at radius 2 is 1.90 bits per heavy atom. The number of carbonyl (C=O) groups is 1. The largest absolute Gasteiger partial charge is 0.508 e. The first-order valence-corrected chi connectivity index (χ1v) is 7.93. The number of aromatic hydroxyl groups is 1. The van der Waals surface area contributed by atoms with Crippen molar-refractivity contribution in [2.24, 2.45) is 17.8 Å². The number of fused-ring (bicyclic) bond motifs is 1. The second-order valence-electron chi connectivity index (χ2n) is 6.47. The van der Waals surface area contributed by atoms with Crippen molar-refractivity contribution in [2.75, 3.05) is 5.32 Å². The summed E-state index contributed by atoms with van der Waals surface area (Å²) in [6.45, 7) is 0. The van der Waals surface area contributed by atoms with E-state index in [1.807, 2.05) is 0 Å². The minimum Gasteiger partial charge on any atom is -0.508 e. The van der Waals surface area contributed by atoms with Gasteiger partial charge in [0.25, 0.3) is 0 Å². The van der Waals surface area contributed by atoms with E-state index in [4.69, 9.17) is 0 Å². The van der Waals surface area contributed by atoms with Crippen LogP contribution in [-0.4, -0.2) is 11.0 Å². The highest BCUT2D eigenvalue weighted by Gasteiger charge is 2.35. The van der Waals surface area contributed by atoms with Crippen LogP contribution < -0.4 is 5.32 Å². The van der Waals surface area contributed by atoms with Gasteiger partial charge in [-0.2, -0.15) is 0 Å². The van der Waals surface area contributed by atoms with Crippen molar-refractivity contribution in [3.8, 4) is 5.75 Å². The summed E-state index contributed by atoms with van der Waals surface area (Å²) in [5.41, 5.74) is 0.156. The lowest BCUT2D eigenvalue weighted by Crippen LogP contribution is -2.34. The number of phenolic OH excluding ortho intramolecular Hbond substituents is 1. The molecular formula is C17H22FNO2. The number of halogens is 1. The summed E-state index contributed by atoms with van der Waals surface area (Å²) in [7, 11) is 0. The van der Waals surface area contributed by atoms with Gasteiger partial charge in [-0.05, 0) is 43.2 Å². The molecule has 3 atom stereocenters. The van der Waals surface area contributed by atoms with E-state index in [2.05, 4.69) is 5.32 Å². The van der Waals surface area contributed by atoms with E-state index in [1.54, 1.807) is 0 Å². The van der Waals surface area contributed by atoms with E-state index in [0.29, 0.717) is 5.92 Å². The van der Waals surface area contributed by atoms with E-state index >= 15 is 0 Å². The molecule has 0 radical (unpaired) electrons. The second-order valence-corrected chi connectivity index (χ2v) is 6.47. The zero-order valence-corrected chi connectivity index (χ0v) is 12.1. The first-order chi connectivity index (χ1) is 10.1. The van der Waals surface area contributed by atoms with Gasteiger partial charge in [0.05, 0.1) is 5.69 Å². The van der Waals surface area contributed by atoms with Crippen molar-refractivity contribution in [1.29, 1.82) is 0 Å². The molecule has 114 valence electrons. The van der Waals surface area contributed by atoms with E-state index < -0.39 is 5.82 Å². The van der Waals surface area contributed by atoms with Crippen LogP contribution in [0, 0.1) is 23.6 Å². The SMILES string of the molecule is O=C(Nc1ccc(O)cc1F)C1CCC2CCCCC2C1. The second kappa shape index (κ2) is 6.04. The van der Waals surface area contributed by atoms with Gasteiger partial charge in [0.15, 0.2) is 0 Å². The Morgan fingerprint density at radius 3 is 2.67 bits per heavy atom. The summed E-state index contributed by atoms with van der Waals surface area (Å²) in [4.78, 5) is 12.3. The Labute approximate surface area is 124 Å². The number of carbonyl (C=O) groups excluding carboxylic acids is 1. The van der Waals surface area contributed by atoms with Crippen LogP contribution >= 0.6 is 0 Å². The quantitative estimate of drug-likeness (QED) is 0.807. The average Bonchev–Trinajstić information content (AvgIpc) is 2.49. The van der Waals surface area contributed by atoms with Gasteiger partial charge >= 0.3 is 0 Å². The lowest BCUT2D eigenvalue weighted by atomic mass is 9.67. The number of anilines is 1. The molecule has 0 bridgehead atoms. The zero-order valence-electron chi connectivity index (χ0n) is 12.1. The number of hydrogen-bond acceptors (Lipinski definition) is 2. The first kappa shape index (κ1) is 14.4. The maximum absolute atomic E-state index is 13.7. The molecule has 3 unspecified atom stereocenters. The summed E-state index contributed by atoms with van der Waals surface area (Å²) in [5.74, 6) is 0.671. The molecule has 2 saturated carbocycles. The predicted molar refractivity (Wildman–Crippen MR) is 79.5 cm³/mol. The van der Waals surface area contributed by atoms with Gasteiger partial charge in [-0.15, -0.1) is 0 Å². The molecule has 1 aromatic rings. The lowest BCUT2D eigenvalue weighted by Gasteiger charge is -2.38. The molecule has 21 heavy (non-hydrogen) atoms. The third-order valence-corrected chi connectivity index (χ3v) is 5.12. The number of nitrogens with one attached hydrogen (secondary N) is 1. The maximum atomic E-state index is 13.7. The van der Waals surface area contributed by atoms with Crippen LogP contribution in [0.1, 0.15) is 44.9 Å². The van der Waals surface area contributed by atoms with Crippen molar-refractivity contribution in [2.45, 2.75) is 44.9 Å². The topological polar surface area (TPSA) is 49.3 Å². The number of amides is 1. The molecule has 0 heterocycles. The van der Waals surface area contributed by atoms with Gasteiger partial charge in [0.2, 0.25) is 5.91 Å². The molecule has 2 aliphatic rings. The number of phenols is 1. The molecular weight excluding hydrogens is 269 g/mol. The van der Waals surface area contributed by atoms with Crippen LogP contribution in [0.15, 0.2) is 18.2 Å². The monoisotopic (exact) mass is 291 g/mol. The van der Waals surface area contributed by atoms with Crippen LogP contribution in [0.4, 0.5) is 10.1 Å². The van der Waals surface area contributed by atoms with Gasteiger partial charge in [-0.1, -0.05) is 25.7 Å². The number of benzene rings is 1. The molecule has 0 aliphatic heterocycles. The molecule has 3 nitrogen and oxygen atoms in total. The third kappa shape index (κ3) is 3.20. The summed E-state index contributed by atoms with van der Waals surface area (Å²) >= 11 is 0. The Kier molecular flexibility index (Phi) is 4.13. The standard InChI is InChI=1S/C17H22FNO2/c18-15-10-14(20)7-8-16(15)19-17(21)13-6-5-11-3-1-2-4-12(11)9-13/h7-8,10-13,20H,1-6,9H2,(H,19,21). The van der Waals surface area contributed by atoms with Crippen molar-refractivity contribution >= 4 is 11.6 Å². The maximum Gasteiger partial charge on any atom is 0.227 e. The van der Waals surface area contributed by atoms with Crippen molar-refractivity contribution in [3.05, 3.63) is 24.0 Å². The molecule has 4 heteroatoms. The van der Waals surface area contributed by atoms with Gasteiger partial charge in [-0.25, -0.2) is 4.39 Å². The van der Waals surface area contributed by atoms with Gasteiger partial charge in [-0.3, -0.25) is 4.79 Å². The van der Waals surface area contributed by atoms with Crippen LogP contribution in [0.2, 0.25) is 0 Å². The molecule has 2 aliphatic carbocycles. The van der Waals surface area contributed by atoms with Gasteiger partial charge in [0.1, 0.15) is 11.6 Å². The Balaban J connectivity index is 1.63.